The number of aliphatic carboxylic acids is 1. The molecule has 5 nitrogen and oxygen atoms in total. The molecule has 0 saturated carbocycles. The fraction of sp³-hybridized carbons (Fsp3) is 0.273. The molecule has 92 valence electrons. The van der Waals surface area contributed by atoms with E-state index in [4.69, 9.17) is 26.2 Å². The van der Waals surface area contributed by atoms with Gasteiger partial charge in [-0.3, -0.25) is 4.79 Å². The van der Waals surface area contributed by atoms with Crippen molar-refractivity contribution in [2.24, 2.45) is 0 Å². The van der Waals surface area contributed by atoms with Crippen molar-refractivity contribution in [3.63, 3.8) is 0 Å². The first kappa shape index (κ1) is 13.3. The summed E-state index contributed by atoms with van der Waals surface area (Å²) in [6.07, 6.45) is -0.456. The maximum Gasteiger partial charge on any atom is 0.344 e. The topological polar surface area (TPSA) is 72.8 Å². The maximum absolute atomic E-state index is 10.7. The van der Waals surface area contributed by atoms with Crippen LogP contribution in [0.1, 0.15) is 17.3 Å². The van der Waals surface area contributed by atoms with Crippen LogP contribution in [0.15, 0.2) is 12.1 Å². The molecular formula is C11H11ClO5. The number of hydrogen-bond acceptors (Lipinski definition) is 4. The van der Waals surface area contributed by atoms with E-state index in [1.807, 2.05) is 0 Å². The van der Waals surface area contributed by atoms with Crippen molar-refractivity contribution in [3.05, 3.63) is 22.7 Å². The Morgan fingerprint density at radius 2 is 2.18 bits per heavy atom. The number of carboxylic acid groups (broad SMARTS) is 1. The molecule has 0 saturated heterocycles. The van der Waals surface area contributed by atoms with E-state index in [1.165, 1.54) is 26.2 Å². The van der Waals surface area contributed by atoms with Gasteiger partial charge >= 0.3 is 5.97 Å². The average molecular weight is 259 g/mol. The first-order valence-corrected chi connectivity index (χ1v) is 5.09. The van der Waals surface area contributed by atoms with E-state index in [2.05, 4.69) is 0 Å². The van der Waals surface area contributed by atoms with Gasteiger partial charge in [0.2, 0.25) is 0 Å². The van der Waals surface area contributed by atoms with Gasteiger partial charge in [-0.15, -0.1) is 0 Å². The van der Waals surface area contributed by atoms with E-state index >= 15 is 0 Å². The lowest BCUT2D eigenvalue weighted by Crippen LogP contribution is -2.23. The van der Waals surface area contributed by atoms with Crippen LogP contribution in [-0.4, -0.2) is 30.6 Å². The van der Waals surface area contributed by atoms with Crippen LogP contribution in [0, 0.1) is 0 Å². The minimum atomic E-state index is -1.12. The van der Waals surface area contributed by atoms with Crippen LogP contribution in [0.5, 0.6) is 11.5 Å². The second-order valence-corrected chi connectivity index (χ2v) is 3.66. The van der Waals surface area contributed by atoms with Crippen LogP contribution < -0.4 is 9.47 Å². The zero-order valence-corrected chi connectivity index (χ0v) is 10.0. The summed E-state index contributed by atoms with van der Waals surface area (Å²) in [5, 5.41) is 8.86. The Labute approximate surface area is 103 Å². The van der Waals surface area contributed by atoms with Gasteiger partial charge in [0.15, 0.2) is 17.6 Å². The molecule has 1 rings (SSSR count). The molecular weight excluding hydrogens is 248 g/mol. The molecule has 1 N–H and O–H groups in total. The van der Waals surface area contributed by atoms with E-state index in [0.717, 1.165) is 0 Å². The largest absolute Gasteiger partial charge is 0.493 e. The normalized spacial score (nSPS) is 11.7. The zero-order chi connectivity index (χ0) is 13.0. The third-order valence-electron chi connectivity index (χ3n) is 2.03. The van der Waals surface area contributed by atoms with Gasteiger partial charge in [-0.05, 0) is 19.1 Å². The number of hydrogen-bond donors (Lipinski definition) is 1. The summed E-state index contributed by atoms with van der Waals surface area (Å²) in [5.41, 5.74) is 0.321. The monoisotopic (exact) mass is 258 g/mol. The number of carbonyl (C=O) groups is 2. The van der Waals surface area contributed by atoms with Crippen LogP contribution in [0.2, 0.25) is 5.02 Å². The second-order valence-electron chi connectivity index (χ2n) is 3.25. The quantitative estimate of drug-likeness (QED) is 0.818. The van der Waals surface area contributed by atoms with Gasteiger partial charge in [0.1, 0.15) is 6.29 Å². The van der Waals surface area contributed by atoms with E-state index < -0.39 is 12.1 Å². The van der Waals surface area contributed by atoms with Crippen LogP contribution in [-0.2, 0) is 4.79 Å². The SMILES string of the molecule is COc1cc(C=O)cc(Cl)c1O[C@@H](C)C(=O)O. The highest BCUT2D eigenvalue weighted by Gasteiger charge is 2.18. The minimum Gasteiger partial charge on any atom is -0.493 e. The molecule has 1 aromatic carbocycles. The summed E-state index contributed by atoms with van der Waals surface area (Å²) >= 11 is 5.88. The van der Waals surface area contributed by atoms with Crippen LogP contribution >= 0.6 is 11.6 Å². The molecule has 0 bridgehead atoms. The molecule has 0 heterocycles. The lowest BCUT2D eigenvalue weighted by molar-refractivity contribution is -0.144. The Bertz CT molecular complexity index is 444. The first-order chi connectivity index (χ1) is 7.99. The Kier molecular flexibility index (Phi) is 4.34. The fourth-order valence-corrected chi connectivity index (χ4v) is 1.41. The molecule has 6 heteroatoms. The van der Waals surface area contributed by atoms with E-state index in [1.54, 1.807) is 0 Å². The number of aldehydes is 1. The summed E-state index contributed by atoms with van der Waals surface area (Å²) in [7, 11) is 1.37. The molecule has 0 radical (unpaired) electrons. The minimum absolute atomic E-state index is 0.106. The molecule has 0 aliphatic heterocycles. The van der Waals surface area contributed by atoms with Crippen molar-refractivity contribution < 1.29 is 24.2 Å². The van der Waals surface area contributed by atoms with Crippen molar-refractivity contribution in [1.82, 2.24) is 0 Å². The van der Waals surface area contributed by atoms with Crippen LogP contribution in [0.3, 0.4) is 0 Å². The Balaban J connectivity index is 3.13. The predicted molar refractivity (Wildman–Crippen MR) is 61.1 cm³/mol. The molecule has 17 heavy (non-hydrogen) atoms. The third-order valence-corrected chi connectivity index (χ3v) is 2.31. The van der Waals surface area contributed by atoms with Gasteiger partial charge in [-0.25, -0.2) is 4.79 Å². The van der Waals surface area contributed by atoms with Crippen LogP contribution in [0.4, 0.5) is 0 Å². The maximum atomic E-state index is 10.7. The molecule has 0 fully saturated rings. The molecule has 0 amide bonds. The molecule has 0 aliphatic carbocycles. The van der Waals surface area contributed by atoms with Gasteiger partial charge in [0.25, 0.3) is 0 Å². The molecule has 1 atom stereocenters. The van der Waals surface area contributed by atoms with E-state index in [9.17, 15) is 9.59 Å². The summed E-state index contributed by atoms with van der Waals surface area (Å²) in [4.78, 5) is 21.3. The van der Waals surface area contributed by atoms with Gasteiger partial charge in [0.05, 0.1) is 12.1 Å². The summed E-state index contributed by atoms with van der Waals surface area (Å²) in [6.45, 7) is 1.37. The Morgan fingerprint density at radius 1 is 1.53 bits per heavy atom. The number of halogens is 1. The van der Waals surface area contributed by atoms with Crippen molar-refractivity contribution in [2.75, 3.05) is 7.11 Å². The molecule has 0 aromatic heterocycles. The number of methoxy groups -OCH3 is 1. The van der Waals surface area contributed by atoms with E-state index in [-0.39, 0.29) is 16.5 Å². The third kappa shape index (κ3) is 3.10. The molecule has 0 aliphatic rings. The number of carboxylic acids is 1. The van der Waals surface area contributed by atoms with Gasteiger partial charge in [-0.2, -0.15) is 0 Å². The average Bonchev–Trinajstić information content (AvgIpc) is 2.30. The summed E-state index contributed by atoms with van der Waals surface area (Å²) in [6, 6.07) is 2.80. The lowest BCUT2D eigenvalue weighted by Gasteiger charge is -2.15. The van der Waals surface area contributed by atoms with Gasteiger partial charge < -0.3 is 14.6 Å². The summed E-state index contributed by atoms with van der Waals surface area (Å²) in [5.74, 6) is -0.801. The van der Waals surface area contributed by atoms with Crippen molar-refractivity contribution in [1.29, 1.82) is 0 Å². The highest BCUT2D eigenvalue weighted by Crippen LogP contribution is 2.36. The number of benzene rings is 1. The molecule has 0 unspecified atom stereocenters. The highest BCUT2D eigenvalue weighted by molar-refractivity contribution is 6.32. The standard InChI is InChI=1S/C11H11ClO5/c1-6(11(14)15)17-10-8(12)3-7(5-13)4-9(10)16-2/h3-6H,1-2H3,(H,14,15)/t6-/m0/s1. The van der Waals surface area contributed by atoms with E-state index in [0.29, 0.717) is 11.8 Å². The van der Waals surface area contributed by atoms with Gasteiger partial charge in [0, 0.05) is 5.56 Å². The predicted octanol–water partition coefficient (Wildman–Crippen LogP) is 2.01. The highest BCUT2D eigenvalue weighted by atomic mass is 35.5. The fourth-order valence-electron chi connectivity index (χ4n) is 1.15. The van der Waals surface area contributed by atoms with Crippen molar-refractivity contribution in [3.8, 4) is 11.5 Å². The number of rotatable bonds is 5. The smallest absolute Gasteiger partial charge is 0.344 e. The molecule has 1 aromatic rings. The molecule has 0 spiro atoms. The second kappa shape index (κ2) is 5.54. The summed E-state index contributed by atoms with van der Waals surface area (Å²) < 4.78 is 10.1. The lowest BCUT2D eigenvalue weighted by atomic mass is 10.2. The first-order valence-electron chi connectivity index (χ1n) is 4.71. The van der Waals surface area contributed by atoms with Gasteiger partial charge in [-0.1, -0.05) is 11.6 Å². The Morgan fingerprint density at radius 3 is 2.65 bits per heavy atom. The Hall–Kier alpha value is -1.75. The van der Waals surface area contributed by atoms with Crippen LogP contribution in [0.25, 0.3) is 0 Å². The number of carbonyl (C=O) groups excluding carboxylic acids is 1. The zero-order valence-electron chi connectivity index (χ0n) is 9.27. The van der Waals surface area contributed by atoms with Crippen molar-refractivity contribution >= 4 is 23.9 Å². The van der Waals surface area contributed by atoms with Crippen molar-refractivity contribution in [2.45, 2.75) is 13.0 Å². The number of ether oxygens (including phenoxy) is 2.